The van der Waals surface area contributed by atoms with Crippen LogP contribution in [0.3, 0.4) is 0 Å². The number of rotatable bonds is 6. The van der Waals surface area contributed by atoms with Crippen molar-refractivity contribution in [2.24, 2.45) is 11.7 Å². The van der Waals surface area contributed by atoms with Crippen LogP contribution < -0.4 is 16.6 Å². The molecule has 0 atom stereocenters. The van der Waals surface area contributed by atoms with Gasteiger partial charge in [-0.05, 0) is 18.4 Å². The average Bonchev–Trinajstić information content (AvgIpc) is 2.31. The van der Waals surface area contributed by atoms with Gasteiger partial charge in [0.15, 0.2) is 0 Å². The minimum Gasteiger partial charge on any atom is -0.355 e. The molecule has 18 heavy (non-hydrogen) atoms. The third kappa shape index (κ3) is 4.33. The van der Waals surface area contributed by atoms with Gasteiger partial charge in [-0.3, -0.25) is 9.59 Å². The second kappa shape index (κ2) is 6.96. The van der Waals surface area contributed by atoms with E-state index in [0.29, 0.717) is 18.0 Å². The van der Waals surface area contributed by atoms with Crippen LogP contribution in [0.25, 0.3) is 0 Å². The van der Waals surface area contributed by atoms with E-state index in [1.54, 1.807) is 18.3 Å². The van der Waals surface area contributed by atoms with Crippen molar-refractivity contribution in [2.75, 3.05) is 6.54 Å². The number of hydrogen-bond donors (Lipinski definition) is 2. The van der Waals surface area contributed by atoms with Crippen LogP contribution in [0, 0.1) is 5.92 Å². The quantitative estimate of drug-likeness (QED) is 0.771. The second-order valence-corrected chi connectivity index (χ2v) is 4.70. The van der Waals surface area contributed by atoms with Gasteiger partial charge in [-0.25, -0.2) is 0 Å². The summed E-state index contributed by atoms with van der Waals surface area (Å²) >= 11 is 0. The molecule has 1 heterocycles. The van der Waals surface area contributed by atoms with E-state index in [0.717, 1.165) is 6.42 Å². The van der Waals surface area contributed by atoms with E-state index in [1.807, 2.05) is 0 Å². The summed E-state index contributed by atoms with van der Waals surface area (Å²) in [5, 5.41) is 2.80. The smallest absolute Gasteiger partial charge is 0.255 e. The molecule has 0 aliphatic heterocycles. The van der Waals surface area contributed by atoms with E-state index in [-0.39, 0.29) is 24.6 Å². The van der Waals surface area contributed by atoms with Gasteiger partial charge >= 0.3 is 0 Å². The first-order chi connectivity index (χ1) is 8.54. The Morgan fingerprint density at radius 2 is 2.22 bits per heavy atom. The molecule has 1 amide bonds. The maximum Gasteiger partial charge on any atom is 0.255 e. The fourth-order valence-corrected chi connectivity index (χ4v) is 1.58. The van der Waals surface area contributed by atoms with Crippen molar-refractivity contribution in [1.29, 1.82) is 0 Å². The van der Waals surface area contributed by atoms with Crippen molar-refractivity contribution in [1.82, 2.24) is 9.88 Å². The highest BCUT2D eigenvalue weighted by Crippen LogP contribution is 1.96. The largest absolute Gasteiger partial charge is 0.355 e. The maximum absolute atomic E-state index is 11.8. The van der Waals surface area contributed by atoms with Crippen LogP contribution in [0.4, 0.5) is 0 Å². The number of pyridine rings is 1. The Balaban J connectivity index is 2.57. The fraction of sp³-hybridized carbons (Fsp3) is 0.538. The lowest BCUT2D eigenvalue weighted by atomic mass is 10.1. The Morgan fingerprint density at radius 1 is 1.50 bits per heavy atom. The number of hydrogen-bond acceptors (Lipinski definition) is 3. The third-order valence-electron chi connectivity index (χ3n) is 2.68. The van der Waals surface area contributed by atoms with Crippen LogP contribution in [0.5, 0.6) is 0 Å². The van der Waals surface area contributed by atoms with Crippen LogP contribution in [0.2, 0.25) is 0 Å². The van der Waals surface area contributed by atoms with Crippen LogP contribution in [-0.2, 0) is 17.9 Å². The summed E-state index contributed by atoms with van der Waals surface area (Å²) in [6.07, 6.45) is 2.53. The molecule has 5 nitrogen and oxygen atoms in total. The maximum atomic E-state index is 11.8. The molecule has 0 radical (unpaired) electrons. The van der Waals surface area contributed by atoms with E-state index in [4.69, 9.17) is 5.73 Å². The molecule has 0 aliphatic rings. The third-order valence-corrected chi connectivity index (χ3v) is 2.68. The number of nitrogens with one attached hydrogen (secondary N) is 1. The summed E-state index contributed by atoms with van der Waals surface area (Å²) < 4.78 is 1.38. The number of aromatic nitrogens is 1. The molecular weight excluding hydrogens is 230 g/mol. The lowest BCUT2D eigenvalue weighted by molar-refractivity contribution is -0.121. The van der Waals surface area contributed by atoms with Gasteiger partial charge in [-0.15, -0.1) is 0 Å². The summed E-state index contributed by atoms with van der Waals surface area (Å²) in [6, 6.07) is 3.40. The summed E-state index contributed by atoms with van der Waals surface area (Å²) in [5.74, 6) is 0.403. The van der Waals surface area contributed by atoms with Gasteiger partial charge in [0, 0.05) is 24.8 Å². The van der Waals surface area contributed by atoms with Crippen molar-refractivity contribution in [2.45, 2.75) is 33.4 Å². The van der Waals surface area contributed by atoms with E-state index < -0.39 is 0 Å². The number of carbonyl (C=O) groups excluding carboxylic acids is 1. The Labute approximate surface area is 107 Å². The van der Waals surface area contributed by atoms with Gasteiger partial charge in [0.05, 0.1) is 0 Å². The van der Waals surface area contributed by atoms with E-state index in [9.17, 15) is 9.59 Å². The molecule has 0 aliphatic carbocycles. The molecule has 0 bridgehead atoms. The molecule has 0 unspecified atom stereocenters. The van der Waals surface area contributed by atoms with Crippen molar-refractivity contribution in [3.8, 4) is 0 Å². The predicted octanol–water partition coefficient (Wildman–Crippen LogP) is 0.469. The zero-order chi connectivity index (χ0) is 13.5. The standard InChI is InChI=1S/C13H21N3O2/c1-10(2)5-6-15-12(17)9-16-7-3-4-11(8-14)13(16)18/h3-4,7,10H,5-6,8-9,14H2,1-2H3,(H,15,17). The summed E-state index contributed by atoms with van der Waals surface area (Å²) in [4.78, 5) is 23.5. The van der Waals surface area contributed by atoms with Gasteiger partial charge < -0.3 is 15.6 Å². The van der Waals surface area contributed by atoms with Gasteiger partial charge in [0.25, 0.3) is 5.56 Å². The fourth-order valence-electron chi connectivity index (χ4n) is 1.58. The molecule has 0 saturated heterocycles. The number of nitrogens with zero attached hydrogens (tertiary/aromatic N) is 1. The molecule has 3 N–H and O–H groups in total. The van der Waals surface area contributed by atoms with Crippen molar-refractivity contribution >= 4 is 5.91 Å². The first-order valence-electron chi connectivity index (χ1n) is 6.19. The molecule has 1 aromatic rings. The SMILES string of the molecule is CC(C)CCNC(=O)Cn1cccc(CN)c1=O. The zero-order valence-corrected chi connectivity index (χ0v) is 11.0. The Kier molecular flexibility index (Phi) is 5.58. The first-order valence-corrected chi connectivity index (χ1v) is 6.19. The molecule has 5 heteroatoms. The molecule has 1 aromatic heterocycles. The van der Waals surface area contributed by atoms with Crippen molar-refractivity contribution < 1.29 is 4.79 Å². The number of amides is 1. The van der Waals surface area contributed by atoms with E-state index in [1.165, 1.54) is 4.57 Å². The second-order valence-electron chi connectivity index (χ2n) is 4.70. The minimum atomic E-state index is -0.195. The Morgan fingerprint density at radius 3 is 2.83 bits per heavy atom. The van der Waals surface area contributed by atoms with Gasteiger partial charge in [-0.1, -0.05) is 19.9 Å². The summed E-state index contributed by atoms with van der Waals surface area (Å²) in [7, 11) is 0. The Bertz CT molecular complexity index is 452. The topological polar surface area (TPSA) is 77.1 Å². The van der Waals surface area contributed by atoms with Crippen LogP contribution in [0.1, 0.15) is 25.8 Å². The zero-order valence-electron chi connectivity index (χ0n) is 11.0. The molecular formula is C13H21N3O2. The first kappa shape index (κ1) is 14.4. The lowest BCUT2D eigenvalue weighted by Crippen LogP contribution is -2.34. The molecule has 1 rings (SSSR count). The van der Waals surface area contributed by atoms with E-state index >= 15 is 0 Å². The highest BCUT2D eigenvalue weighted by Gasteiger charge is 2.06. The Hall–Kier alpha value is -1.62. The van der Waals surface area contributed by atoms with Crippen LogP contribution in [0.15, 0.2) is 23.1 Å². The number of nitrogens with two attached hydrogens (primary N) is 1. The van der Waals surface area contributed by atoms with Crippen molar-refractivity contribution in [3.63, 3.8) is 0 Å². The summed E-state index contributed by atoms with van der Waals surface area (Å²) in [6.45, 7) is 5.07. The molecule has 100 valence electrons. The summed E-state index contributed by atoms with van der Waals surface area (Å²) in [5.41, 5.74) is 5.78. The predicted molar refractivity (Wildman–Crippen MR) is 71.1 cm³/mol. The monoisotopic (exact) mass is 251 g/mol. The lowest BCUT2D eigenvalue weighted by Gasteiger charge is -2.09. The van der Waals surface area contributed by atoms with Crippen LogP contribution in [-0.4, -0.2) is 17.0 Å². The molecule has 0 saturated carbocycles. The molecule has 0 spiro atoms. The highest BCUT2D eigenvalue weighted by molar-refractivity contribution is 5.75. The van der Waals surface area contributed by atoms with Crippen molar-refractivity contribution in [3.05, 3.63) is 34.2 Å². The van der Waals surface area contributed by atoms with Crippen LogP contribution >= 0.6 is 0 Å². The average molecular weight is 251 g/mol. The van der Waals surface area contributed by atoms with E-state index in [2.05, 4.69) is 19.2 Å². The van der Waals surface area contributed by atoms with Gasteiger partial charge in [0.1, 0.15) is 6.54 Å². The normalized spacial score (nSPS) is 10.7. The minimum absolute atomic E-state index is 0.0464. The molecule has 0 fully saturated rings. The highest BCUT2D eigenvalue weighted by atomic mass is 16.2. The number of carbonyl (C=O) groups is 1. The van der Waals surface area contributed by atoms with Gasteiger partial charge in [-0.2, -0.15) is 0 Å². The van der Waals surface area contributed by atoms with Gasteiger partial charge in [0.2, 0.25) is 5.91 Å². The molecule has 0 aromatic carbocycles.